The van der Waals surface area contributed by atoms with Crippen molar-refractivity contribution in [3.63, 3.8) is 0 Å². The van der Waals surface area contributed by atoms with E-state index in [-0.39, 0.29) is 21.5 Å². The molecule has 0 amide bonds. The molecule has 1 aromatic carbocycles. The maximum absolute atomic E-state index is 10.6. The number of hydrogen-bond donors (Lipinski definition) is 0. The lowest BCUT2D eigenvalue weighted by Crippen LogP contribution is -1.99. The molecule has 0 saturated heterocycles. The first-order valence-electron chi connectivity index (χ1n) is 5.19. The van der Waals surface area contributed by atoms with Crippen molar-refractivity contribution >= 4 is 28.9 Å². The number of non-ortho nitro benzene ring substituents is 1. The zero-order valence-electron chi connectivity index (χ0n) is 9.36. The summed E-state index contributed by atoms with van der Waals surface area (Å²) in [6.45, 7) is 0.360. The van der Waals surface area contributed by atoms with Crippen molar-refractivity contribution in [3.8, 4) is 11.8 Å². The minimum absolute atomic E-state index is 0.106. The number of halogens is 2. The van der Waals surface area contributed by atoms with Crippen molar-refractivity contribution < 1.29 is 9.66 Å². The second-order valence-corrected chi connectivity index (χ2v) is 4.27. The van der Waals surface area contributed by atoms with E-state index in [2.05, 4.69) is 0 Å². The molecular weight excluding hydrogens is 279 g/mol. The molecule has 0 spiro atoms. The summed E-state index contributed by atoms with van der Waals surface area (Å²) in [7, 11) is 0. The Morgan fingerprint density at radius 1 is 1.33 bits per heavy atom. The van der Waals surface area contributed by atoms with Gasteiger partial charge in [0.25, 0.3) is 5.69 Å². The van der Waals surface area contributed by atoms with Crippen LogP contribution in [0.2, 0.25) is 10.0 Å². The first kappa shape index (κ1) is 14.6. The maximum Gasteiger partial charge on any atom is 0.272 e. The molecule has 18 heavy (non-hydrogen) atoms. The number of nitrogens with zero attached hydrogens (tertiary/aromatic N) is 2. The number of hydrogen-bond acceptors (Lipinski definition) is 4. The van der Waals surface area contributed by atoms with Gasteiger partial charge in [0.1, 0.15) is 0 Å². The molecule has 0 unspecified atom stereocenters. The highest BCUT2D eigenvalue weighted by molar-refractivity contribution is 6.37. The molecule has 0 bridgehead atoms. The van der Waals surface area contributed by atoms with Gasteiger partial charge in [-0.25, -0.2) is 0 Å². The summed E-state index contributed by atoms with van der Waals surface area (Å²) in [4.78, 5) is 9.99. The molecule has 5 nitrogen and oxygen atoms in total. The summed E-state index contributed by atoms with van der Waals surface area (Å²) in [5.74, 6) is 0.237. The average molecular weight is 289 g/mol. The molecule has 0 aliphatic rings. The molecule has 0 aliphatic heterocycles. The second kappa shape index (κ2) is 7.04. The van der Waals surface area contributed by atoms with Gasteiger partial charge in [0, 0.05) is 18.6 Å². The summed E-state index contributed by atoms with van der Waals surface area (Å²) in [5, 5.41) is 19.1. The Labute approximate surface area is 114 Å². The summed E-state index contributed by atoms with van der Waals surface area (Å²) >= 11 is 11.7. The maximum atomic E-state index is 10.6. The van der Waals surface area contributed by atoms with E-state index in [1.807, 2.05) is 6.07 Å². The van der Waals surface area contributed by atoms with Gasteiger partial charge in [-0.15, -0.1) is 0 Å². The minimum Gasteiger partial charge on any atom is -0.490 e. The van der Waals surface area contributed by atoms with Gasteiger partial charge in [0.2, 0.25) is 0 Å². The molecule has 0 fully saturated rings. The smallest absolute Gasteiger partial charge is 0.272 e. The van der Waals surface area contributed by atoms with Gasteiger partial charge in [-0.2, -0.15) is 5.26 Å². The zero-order chi connectivity index (χ0) is 13.5. The molecule has 0 radical (unpaired) electrons. The van der Waals surface area contributed by atoms with Gasteiger partial charge in [-0.05, 0) is 12.8 Å². The fourth-order valence-corrected chi connectivity index (χ4v) is 1.85. The number of ether oxygens (including phenoxy) is 1. The lowest BCUT2D eigenvalue weighted by Gasteiger charge is -2.09. The Balaban J connectivity index is 2.67. The van der Waals surface area contributed by atoms with E-state index in [0.29, 0.717) is 19.4 Å². The van der Waals surface area contributed by atoms with Gasteiger partial charge in [-0.1, -0.05) is 23.2 Å². The monoisotopic (exact) mass is 288 g/mol. The van der Waals surface area contributed by atoms with Crippen LogP contribution >= 0.6 is 23.2 Å². The molecule has 0 atom stereocenters. The number of nitro benzene ring substituents is 1. The number of nitro groups is 1. The Hall–Kier alpha value is -1.51. The Kier molecular flexibility index (Phi) is 5.69. The molecule has 7 heteroatoms. The summed E-state index contributed by atoms with van der Waals surface area (Å²) < 4.78 is 5.35. The topological polar surface area (TPSA) is 76.2 Å². The third-order valence-electron chi connectivity index (χ3n) is 2.12. The van der Waals surface area contributed by atoms with Crippen molar-refractivity contribution in [3.05, 3.63) is 32.3 Å². The predicted octanol–water partition coefficient (Wildman–Crippen LogP) is 3.97. The van der Waals surface area contributed by atoms with E-state index >= 15 is 0 Å². The van der Waals surface area contributed by atoms with Crippen molar-refractivity contribution in [2.24, 2.45) is 0 Å². The van der Waals surface area contributed by atoms with E-state index in [0.717, 1.165) is 6.42 Å². The first-order valence-corrected chi connectivity index (χ1v) is 5.95. The SMILES string of the molecule is N#CCCCCOc1c(Cl)cc([N+](=O)[O-])cc1Cl. The lowest BCUT2D eigenvalue weighted by atomic mass is 10.2. The van der Waals surface area contributed by atoms with Crippen LogP contribution in [0.15, 0.2) is 12.1 Å². The van der Waals surface area contributed by atoms with Crippen LogP contribution in [0.3, 0.4) is 0 Å². The van der Waals surface area contributed by atoms with Gasteiger partial charge in [-0.3, -0.25) is 10.1 Å². The van der Waals surface area contributed by atoms with E-state index in [4.69, 9.17) is 33.2 Å². The van der Waals surface area contributed by atoms with E-state index < -0.39 is 4.92 Å². The quantitative estimate of drug-likeness (QED) is 0.451. The zero-order valence-corrected chi connectivity index (χ0v) is 10.9. The number of benzene rings is 1. The van der Waals surface area contributed by atoms with Crippen molar-refractivity contribution in [2.45, 2.75) is 19.3 Å². The first-order chi connectivity index (χ1) is 8.56. The standard InChI is InChI=1S/C11H10Cl2N2O3/c12-9-6-8(15(16)17)7-10(13)11(9)18-5-3-1-2-4-14/h6-7H,1-3,5H2. The minimum atomic E-state index is -0.575. The van der Waals surface area contributed by atoms with Gasteiger partial charge >= 0.3 is 0 Å². The Morgan fingerprint density at radius 3 is 2.44 bits per heavy atom. The van der Waals surface area contributed by atoms with E-state index in [1.54, 1.807) is 0 Å². The van der Waals surface area contributed by atoms with Crippen LogP contribution in [-0.4, -0.2) is 11.5 Å². The summed E-state index contributed by atoms with van der Waals surface area (Å²) in [5.41, 5.74) is -0.179. The lowest BCUT2D eigenvalue weighted by molar-refractivity contribution is -0.384. The molecule has 0 aliphatic carbocycles. The predicted molar refractivity (Wildman–Crippen MR) is 68.1 cm³/mol. The van der Waals surface area contributed by atoms with Crippen LogP contribution in [0, 0.1) is 21.4 Å². The van der Waals surface area contributed by atoms with Crippen molar-refractivity contribution in [1.82, 2.24) is 0 Å². The number of nitriles is 1. The van der Waals surface area contributed by atoms with E-state index in [9.17, 15) is 10.1 Å². The molecule has 0 heterocycles. The molecule has 0 N–H and O–H groups in total. The highest BCUT2D eigenvalue weighted by Crippen LogP contribution is 2.36. The van der Waals surface area contributed by atoms with Crippen LogP contribution in [0.4, 0.5) is 5.69 Å². The highest BCUT2D eigenvalue weighted by atomic mass is 35.5. The molecular formula is C11H10Cl2N2O3. The average Bonchev–Trinajstić information content (AvgIpc) is 2.31. The number of rotatable bonds is 6. The fourth-order valence-electron chi connectivity index (χ4n) is 1.27. The van der Waals surface area contributed by atoms with Crippen LogP contribution in [0.25, 0.3) is 0 Å². The van der Waals surface area contributed by atoms with Crippen LogP contribution in [0.1, 0.15) is 19.3 Å². The van der Waals surface area contributed by atoms with Crippen molar-refractivity contribution in [2.75, 3.05) is 6.61 Å². The van der Waals surface area contributed by atoms with Crippen LogP contribution < -0.4 is 4.74 Å². The van der Waals surface area contributed by atoms with Gasteiger partial charge < -0.3 is 4.74 Å². The number of unbranched alkanes of at least 4 members (excludes halogenated alkanes) is 2. The molecule has 0 aromatic heterocycles. The molecule has 1 aromatic rings. The summed E-state index contributed by atoms with van der Waals surface area (Å²) in [6, 6.07) is 4.41. The fraction of sp³-hybridized carbons (Fsp3) is 0.364. The van der Waals surface area contributed by atoms with Gasteiger partial charge in [0.05, 0.1) is 27.6 Å². The Bertz CT molecular complexity index is 463. The van der Waals surface area contributed by atoms with Crippen LogP contribution in [-0.2, 0) is 0 Å². The second-order valence-electron chi connectivity index (χ2n) is 3.46. The highest BCUT2D eigenvalue weighted by Gasteiger charge is 2.15. The summed E-state index contributed by atoms with van der Waals surface area (Å²) in [6.07, 6.45) is 1.88. The molecule has 1 rings (SSSR count). The van der Waals surface area contributed by atoms with Crippen molar-refractivity contribution in [1.29, 1.82) is 5.26 Å². The third-order valence-corrected chi connectivity index (χ3v) is 2.68. The van der Waals surface area contributed by atoms with E-state index in [1.165, 1.54) is 12.1 Å². The molecule has 0 saturated carbocycles. The largest absolute Gasteiger partial charge is 0.490 e. The normalized spacial score (nSPS) is 9.83. The van der Waals surface area contributed by atoms with Gasteiger partial charge in [0.15, 0.2) is 5.75 Å². The Morgan fingerprint density at radius 2 is 1.94 bits per heavy atom. The molecule has 96 valence electrons. The van der Waals surface area contributed by atoms with Crippen LogP contribution in [0.5, 0.6) is 5.75 Å². The third kappa shape index (κ3) is 4.06.